The number of aliphatic imine (C=N–C) groups is 2. The molecule has 0 radical (unpaired) electrons. The summed E-state index contributed by atoms with van der Waals surface area (Å²) in [5, 5.41) is 0. The van der Waals surface area contributed by atoms with E-state index in [4.69, 9.17) is 16.2 Å². The van der Waals surface area contributed by atoms with Crippen molar-refractivity contribution >= 4 is 49.5 Å². The molecule has 8 heteroatoms. The zero-order valence-corrected chi connectivity index (χ0v) is 16.0. The molecule has 1 saturated carbocycles. The minimum atomic E-state index is -0.488. The Morgan fingerprint density at radius 1 is 1.17 bits per heavy atom. The Labute approximate surface area is 152 Å². The quantitative estimate of drug-likeness (QED) is 0.731. The maximum atomic E-state index is 6.26. The number of nitrogens with zero attached hydrogens (tertiary/aromatic N) is 3. The maximum absolute atomic E-state index is 6.26. The molecule has 0 aromatic heterocycles. The number of hydrogen-bond donors (Lipinski definition) is 2. The summed E-state index contributed by atoms with van der Waals surface area (Å²) in [7, 11) is 1.64. The van der Waals surface area contributed by atoms with Gasteiger partial charge in [-0.05, 0) is 53.7 Å². The van der Waals surface area contributed by atoms with Crippen LogP contribution in [-0.4, -0.2) is 24.7 Å². The first-order valence-corrected chi connectivity index (χ1v) is 9.08. The lowest BCUT2D eigenvalue weighted by atomic mass is 9.87. The summed E-state index contributed by atoms with van der Waals surface area (Å²) < 4.78 is 7.36. The Bertz CT molecular complexity index is 683. The summed E-state index contributed by atoms with van der Waals surface area (Å²) in [4.78, 5) is 10.8. The molecule has 4 N–H and O–H groups in total. The number of ether oxygens (including phenoxy) is 1. The lowest BCUT2D eigenvalue weighted by Gasteiger charge is -2.46. The van der Waals surface area contributed by atoms with Crippen molar-refractivity contribution in [2.75, 3.05) is 12.0 Å². The van der Waals surface area contributed by atoms with Crippen molar-refractivity contribution in [1.29, 1.82) is 0 Å². The van der Waals surface area contributed by atoms with Crippen LogP contribution in [0.25, 0.3) is 0 Å². The molecule has 1 fully saturated rings. The predicted octanol–water partition coefficient (Wildman–Crippen LogP) is 3.33. The van der Waals surface area contributed by atoms with E-state index >= 15 is 0 Å². The smallest absolute Gasteiger partial charge is 0.220 e. The minimum Gasteiger partial charge on any atom is -0.494 e. The third kappa shape index (κ3) is 2.94. The second-order valence-corrected chi connectivity index (χ2v) is 7.53. The topological polar surface area (TPSA) is 89.2 Å². The largest absolute Gasteiger partial charge is 0.494 e. The summed E-state index contributed by atoms with van der Waals surface area (Å²) >= 11 is 7.11. The highest BCUT2D eigenvalue weighted by molar-refractivity contribution is 9.11. The minimum absolute atomic E-state index is 0.243. The Morgan fingerprint density at radius 2 is 1.87 bits per heavy atom. The molecule has 0 bridgehead atoms. The SMILES string of the molecule is COc1cc(Br)cc(Br)c1N1C(N)=NC(N)=NC12CCCCC2. The molecule has 1 aromatic rings. The summed E-state index contributed by atoms with van der Waals surface area (Å²) in [5.74, 6) is 1.29. The standard InChI is InChI=1S/C15H19Br2N5O/c1-23-11-8-9(16)7-10(17)12(11)22-14(19)20-13(18)21-15(22)5-3-2-4-6-15/h7-8H,2-6H2,1H3,(H4,18,19,20,21). The van der Waals surface area contributed by atoms with Crippen molar-refractivity contribution in [3.8, 4) is 5.75 Å². The number of methoxy groups -OCH3 is 1. The van der Waals surface area contributed by atoms with Gasteiger partial charge in [0.05, 0.1) is 7.11 Å². The van der Waals surface area contributed by atoms with E-state index in [0.29, 0.717) is 11.7 Å². The first-order chi connectivity index (χ1) is 11.0. The van der Waals surface area contributed by atoms with E-state index in [1.807, 2.05) is 17.0 Å². The number of hydrogen-bond acceptors (Lipinski definition) is 6. The molecule has 1 heterocycles. The molecule has 0 unspecified atom stereocenters. The van der Waals surface area contributed by atoms with Gasteiger partial charge >= 0.3 is 0 Å². The van der Waals surface area contributed by atoms with Crippen LogP contribution in [0.4, 0.5) is 5.69 Å². The molecule has 3 rings (SSSR count). The van der Waals surface area contributed by atoms with Gasteiger partial charge in [-0.3, -0.25) is 4.90 Å². The van der Waals surface area contributed by atoms with Crippen molar-refractivity contribution in [1.82, 2.24) is 0 Å². The fourth-order valence-electron chi connectivity index (χ4n) is 3.36. The lowest BCUT2D eigenvalue weighted by Crippen LogP contribution is -2.58. The third-order valence-corrected chi connectivity index (χ3v) is 5.35. The van der Waals surface area contributed by atoms with Gasteiger partial charge in [0.25, 0.3) is 0 Å². The van der Waals surface area contributed by atoms with Crippen LogP contribution >= 0.6 is 31.9 Å². The Hall–Kier alpha value is -1.28. The lowest BCUT2D eigenvalue weighted by molar-refractivity contribution is 0.302. The van der Waals surface area contributed by atoms with Crippen LogP contribution in [0.3, 0.4) is 0 Å². The van der Waals surface area contributed by atoms with Crippen LogP contribution in [0.5, 0.6) is 5.75 Å². The average Bonchev–Trinajstić information content (AvgIpc) is 2.49. The second kappa shape index (κ2) is 6.32. The number of nitrogens with two attached hydrogens (primary N) is 2. The molecule has 0 saturated heterocycles. The van der Waals surface area contributed by atoms with Crippen molar-refractivity contribution in [3.05, 3.63) is 21.1 Å². The van der Waals surface area contributed by atoms with E-state index in [0.717, 1.165) is 40.3 Å². The highest BCUT2D eigenvalue weighted by Gasteiger charge is 2.44. The fourth-order valence-corrected chi connectivity index (χ4v) is 4.72. The zero-order chi connectivity index (χ0) is 16.6. The number of halogens is 2. The van der Waals surface area contributed by atoms with E-state index in [-0.39, 0.29) is 5.96 Å². The number of guanidine groups is 2. The zero-order valence-electron chi connectivity index (χ0n) is 12.9. The Kier molecular flexibility index (Phi) is 4.55. The summed E-state index contributed by atoms with van der Waals surface area (Å²) in [6, 6.07) is 3.87. The van der Waals surface area contributed by atoms with Gasteiger partial charge in [0.1, 0.15) is 17.1 Å². The van der Waals surface area contributed by atoms with Gasteiger partial charge in [0.15, 0.2) is 0 Å². The van der Waals surface area contributed by atoms with Crippen molar-refractivity contribution in [2.45, 2.75) is 37.8 Å². The fraction of sp³-hybridized carbons (Fsp3) is 0.467. The van der Waals surface area contributed by atoms with Gasteiger partial charge in [-0.25, -0.2) is 4.99 Å². The molecule has 0 atom stereocenters. The molecule has 6 nitrogen and oxygen atoms in total. The highest BCUT2D eigenvalue weighted by atomic mass is 79.9. The monoisotopic (exact) mass is 443 g/mol. The van der Waals surface area contributed by atoms with Crippen LogP contribution in [0.1, 0.15) is 32.1 Å². The highest BCUT2D eigenvalue weighted by Crippen LogP contribution is 2.46. The van der Waals surface area contributed by atoms with Gasteiger partial charge in [-0.15, -0.1) is 0 Å². The van der Waals surface area contributed by atoms with E-state index in [1.165, 1.54) is 6.42 Å². The van der Waals surface area contributed by atoms with Crippen molar-refractivity contribution in [3.63, 3.8) is 0 Å². The average molecular weight is 445 g/mol. The van der Waals surface area contributed by atoms with Gasteiger partial charge in [-0.2, -0.15) is 4.99 Å². The molecule has 124 valence electrons. The van der Waals surface area contributed by atoms with Gasteiger partial charge < -0.3 is 16.2 Å². The molecule has 1 aliphatic carbocycles. The van der Waals surface area contributed by atoms with Crippen LogP contribution in [0.2, 0.25) is 0 Å². The molecule has 1 spiro atoms. The first kappa shape index (κ1) is 16.6. The Morgan fingerprint density at radius 3 is 2.52 bits per heavy atom. The normalized spacial score (nSPS) is 20.2. The van der Waals surface area contributed by atoms with E-state index in [2.05, 4.69) is 41.8 Å². The predicted molar refractivity (Wildman–Crippen MR) is 99.9 cm³/mol. The van der Waals surface area contributed by atoms with Gasteiger partial charge in [-0.1, -0.05) is 22.4 Å². The van der Waals surface area contributed by atoms with Crippen LogP contribution in [0, 0.1) is 0 Å². The van der Waals surface area contributed by atoms with E-state index < -0.39 is 5.66 Å². The molecule has 0 amide bonds. The molecule has 2 aliphatic rings. The first-order valence-electron chi connectivity index (χ1n) is 7.49. The summed E-state index contributed by atoms with van der Waals surface area (Å²) in [6.45, 7) is 0. The second-order valence-electron chi connectivity index (χ2n) is 5.76. The molecule has 1 aliphatic heterocycles. The van der Waals surface area contributed by atoms with Crippen molar-refractivity contribution < 1.29 is 4.74 Å². The molecule has 23 heavy (non-hydrogen) atoms. The molecule has 1 aromatic carbocycles. The van der Waals surface area contributed by atoms with Crippen LogP contribution < -0.4 is 21.1 Å². The third-order valence-electron chi connectivity index (χ3n) is 4.29. The summed E-state index contributed by atoms with van der Waals surface area (Å²) in [5.41, 5.74) is 12.5. The molecular weight excluding hydrogens is 426 g/mol. The van der Waals surface area contributed by atoms with Crippen LogP contribution in [-0.2, 0) is 0 Å². The van der Waals surface area contributed by atoms with Crippen LogP contribution in [0.15, 0.2) is 31.1 Å². The maximum Gasteiger partial charge on any atom is 0.220 e. The van der Waals surface area contributed by atoms with Crippen molar-refractivity contribution in [2.24, 2.45) is 21.5 Å². The number of rotatable bonds is 2. The Balaban J connectivity index is 2.18. The number of benzene rings is 1. The van der Waals surface area contributed by atoms with Gasteiger partial charge in [0.2, 0.25) is 11.9 Å². The van der Waals surface area contributed by atoms with E-state index in [1.54, 1.807) is 7.11 Å². The summed E-state index contributed by atoms with van der Waals surface area (Å²) in [6.07, 6.45) is 5.12. The molecular formula is C15H19Br2N5O. The number of anilines is 1. The van der Waals surface area contributed by atoms with E-state index in [9.17, 15) is 0 Å². The van der Waals surface area contributed by atoms with Gasteiger partial charge in [0, 0.05) is 8.95 Å².